The minimum absolute atomic E-state index is 0.0267. The van der Waals surface area contributed by atoms with Gasteiger partial charge < -0.3 is 5.32 Å². The van der Waals surface area contributed by atoms with E-state index < -0.39 is 0 Å². The molecule has 19 heavy (non-hydrogen) atoms. The van der Waals surface area contributed by atoms with Crippen LogP contribution >= 0.6 is 11.6 Å². The van der Waals surface area contributed by atoms with E-state index in [2.05, 4.69) is 39.9 Å². The second-order valence-corrected chi connectivity index (χ2v) is 6.69. The molecule has 1 rings (SSSR count). The van der Waals surface area contributed by atoms with Gasteiger partial charge in [0.25, 0.3) is 0 Å². The predicted molar refractivity (Wildman–Crippen MR) is 81.2 cm³/mol. The van der Waals surface area contributed by atoms with Gasteiger partial charge in [0.05, 0.1) is 0 Å². The molecule has 0 bridgehead atoms. The third kappa shape index (κ3) is 4.77. The number of benzene rings is 1. The maximum Gasteiger partial charge on any atom is 0.127 e. The average molecular weight is 286 g/mol. The van der Waals surface area contributed by atoms with Gasteiger partial charge in [-0.15, -0.1) is 0 Å². The Morgan fingerprint density at radius 1 is 1.26 bits per heavy atom. The van der Waals surface area contributed by atoms with E-state index in [0.717, 1.165) is 12.1 Å². The fourth-order valence-corrected chi connectivity index (χ4v) is 2.17. The maximum absolute atomic E-state index is 13.9. The summed E-state index contributed by atoms with van der Waals surface area (Å²) < 4.78 is 13.9. The normalized spacial score (nSPS) is 15.0. The monoisotopic (exact) mass is 285 g/mol. The van der Waals surface area contributed by atoms with Gasteiger partial charge in [0.1, 0.15) is 5.82 Å². The van der Waals surface area contributed by atoms with Crippen LogP contribution in [0.2, 0.25) is 5.02 Å². The summed E-state index contributed by atoms with van der Waals surface area (Å²) in [6.45, 7) is 11.7. The zero-order valence-corrected chi connectivity index (χ0v) is 13.3. The second-order valence-electron chi connectivity index (χ2n) is 6.26. The van der Waals surface area contributed by atoms with Crippen LogP contribution in [-0.2, 0) is 6.42 Å². The van der Waals surface area contributed by atoms with Gasteiger partial charge in [-0.1, -0.05) is 52.3 Å². The average Bonchev–Trinajstić information content (AvgIpc) is 2.30. The minimum atomic E-state index is -0.205. The Bertz CT molecular complexity index is 417. The molecule has 1 aromatic carbocycles. The number of hydrogen-bond acceptors (Lipinski definition) is 1. The van der Waals surface area contributed by atoms with Crippen LogP contribution in [-0.4, -0.2) is 12.6 Å². The molecule has 0 fully saturated rings. The topological polar surface area (TPSA) is 12.0 Å². The Kier molecular flexibility index (Phi) is 5.82. The highest BCUT2D eigenvalue weighted by Gasteiger charge is 2.29. The summed E-state index contributed by atoms with van der Waals surface area (Å²) in [7, 11) is 0. The lowest BCUT2D eigenvalue weighted by molar-refractivity contribution is 0.200. The molecule has 0 aliphatic carbocycles. The highest BCUT2D eigenvalue weighted by molar-refractivity contribution is 6.30. The van der Waals surface area contributed by atoms with Gasteiger partial charge in [0.15, 0.2) is 0 Å². The van der Waals surface area contributed by atoms with Crippen molar-refractivity contribution in [2.75, 3.05) is 6.54 Å². The molecule has 0 heterocycles. The third-order valence-corrected chi connectivity index (χ3v) is 4.15. The largest absolute Gasteiger partial charge is 0.314 e. The van der Waals surface area contributed by atoms with Crippen LogP contribution in [0, 0.1) is 17.2 Å². The lowest BCUT2D eigenvalue weighted by Gasteiger charge is -2.35. The first-order valence-electron chi connectivity index (χ1n) is 6.92. The molecule has 3 heteroatoms. The van der Waals surface area contributed by atoms with Crippen molar-refractivity contribution in [2.24, 2.45) is 11.3 Å². The number of hydrogen-bond donors (Lipinski definition) is 1. The van der Waals surface area contributed by atoms with Crippen LogP contribution in [0.25, 0.3) is 0 Å². The molecule has 0 aliphatic heterocycles. The van der Waals surface area contributed by atoms with Crippen molar-refractivity contribution < 1.29 is 4.39 Å². The molecule has 1 unspecified atom stereocenters. The van der Waals surface area contributed by atoms with E-state index in [9.17, 15) is 4.39 Å². The second kappa shape index (κ2) is 6.71. The molecular weight excluding hydrogens is 261 g/mol. The van der Waals surface area contributed by atoms with Crippen LogP contribution in [0.15, 0.2) is 18.2 Å². The molecule has 1 aromatic rings. The van der Waals surface area contributed by atoms with E-state index in [0.29, 0.717) is 23.4 Å². The van der Waals surface area contributed by atoms with Gasteiger partial charge in [0, 0.05) is 17.6 Å². The summed E-state index contributed by atoms with van der Waals surface area (Å²) in [5.74, 6) is 0.262. The van der Waals surface area contributed by atoms with E-state index in [4.69, 9.17) is 11.6 Å². The molecule has 0 amide bonds. The van der Waals surface area contributed by atoms with Crippen molar-refractivity contribution in [3.63, 3.8) is 0 Å². The van der Waals surface area contributed by atoms with Crippen molar-refractivity contribution in [3.8, 4) is 0 Å². The highest BCUT2D eigenvalue weighted by Crippen LogP contribution is 2.32. The van der Waals surface area contributed by atoms with E-state index in [1.165, 1.54) is 6.07 Å². The Morgan fingerprint density at radius 2 is 1.89 bits per heavy atom. The summed E-state index contributed by atoms with van der Waals surface area (Å²) >= 11 is 5.80. The Hall–Kier alpha value is -0.600. The molecule has 108 valence electrons. The molecular formula is C16H25ClFN. The Morgan fingerprint density at radius 3 is 2.37 bits per heavy atom. The molecule has 0 saturated heterocycles. The summed E-state index contributed by atoms with van der Waals surface area (Å²) in [4.78, 5) is 0. The van der Waals surface area contributed by atoms with Crippen molar-refractivity contribution in [2.45, 2.75) is 47.1 Å². The van der Waals surface area contributed by atoms with E-state index in [1.807, 2.05) is 0 Å². The molecule has 1 atom stereocenters. The fraction of sp³-hybridized carbons (Fsp3) is 0.625. The summed E-state index contributed by atoms with van der Waals surface area (Å²) in [6, 6.07) is 5.39. The molecule has 0 aliphatic rings. The zero-order chi connectivity index (χ0) is 14.6. The number of nitrogens with one attached hydrogen (secondary N) is 1. The quantitative estimate of drug-likeness (QED) is 0.800. The molecule has 1 nitrogen and oxygen atoms in total. The lowest BCUT2D eigenvalue weighted by Crippen LogP contribution is -2.40. The van der Waals surface area contributed by atoms with E-state index in [1.54, 1.807) is 12.1 Å². The Balaban J connectivity index is 2.88. The van der Waals surface area contributed by atoms with Crippen LogP contribution in [0.3, 0.4) is 0 Å². The maximum atomic E-state index is 13.9. The number of halogens is 2. The third-order valence-electron chi connectivity index (χ3n) is 3.92. The molecule has 0 spiro atoms. The van der Waals surface area contributed by atoms with Crippen LogP contribution in [0.4, 0.5) is 4.39 Å². The molecule has 0 saturated carbocycles. The first-order chi connectivity index (χ1) is 8.74. The standard InChI is InChI=1S/C16H25ClFN/c1-11(2)16(5,10-19-12(3)4)9-13-6-7-14(17)8-15(13)18/h6-8,11-12,19H,9-10H2,1-5H3. The first kappa shape index (κ1) is 16.5. The van der Waals surface area contributed by atoms with E-state index in [-0.39, 0.29) is 11.2 Å². The first-order valence-corrected chi connectivity index (χ1v) is 7.29. The van der Waals surface area contributed by atoms with Gasteiger partial charge >= 0.3 is 0 Å². The van der Waals surface area contributed by atoms with Gasteiger partial charge in [0.2, 0.25) is 0 Å². The van der Waals surface area contributed by atoms with Crippen LogP contribution in [0.1, 0.15) is 40.2 Å². The van der Waals surface area contributed by atoms with Crippen molar-refractivity contribution in [1.82, 2.24) is 5.32 Å². The number of rotatable bonds is 6. The van der Waals surface area contributed by atoms with Gasteiger partial charge in [-0.25, -0.2) is 4.39 Å². The predicted octanol–water partition coefficient (Wildman–Crippen LogP) is 4.68. The smallest absolute Gasteiger partial charge is 0.127 e. The molecule has 1 N–H and O–H groups in total. The van der Waals surface area contributed by atoms with Crippen molar-refractivity contribution in [1.29, 1.82) is 0 Å². The zero-order valence-electron chi connectivity index (χ0n) is 12.6. The lowest BCUT2D eigenvalue weighted by atomic mass is 9.74. The highest BCUT2D eigenvalue weighted by atomic mass is 35.5. The summed E-state index contributed by atoms with van der Waals surface area (Å²) in [5, 5.41) is 3.92. The van der Waals surface area contributed by atoms with Gasteiger partial charge in [-0.2, -0.15) is 0 Å². The van der Waals surface area contributed by atoms with Crippen LogP contribution < -0.4 is 5.32 Å². The molecule has 0 aromatic heterocycles. The molecule has 0 radical (unpaired) electrons. The summed E-state index contributed by atoms with van der Waals surface area (Å²) in [6.07, 6.45) is 0.716. The van der Waals surface area contributed by atoms with Crippen molar-refractivity contribution >= 4 is 11.6 Å². The summed E-state index contributed by atoms with van der Waals surface area (Å²) in [5.41, 5.74) is 0.769. The van der Waals surface area contributed by atoms with Crippen LogP contribution in [0.5, 0.6) is 0 Å². The van der Waals surface area contributed by atoms with Gasteiger partial charge in [-0.3, -0.25) is 0 Å². The Labute approximate surface area is 121 Å². The van der Waals surface area contributed by atoms with Gasteiger partial charge in [-0.05, 0) is 35.4 Å². The fourth-order valence-electron chi connectivity index (χ4n) is 2.01. The van der Waals surface area contributed by atoms with E-state index >= 15 is 0 Å². The minimum Gasteiger partial charge on any atom is -0.314 e. The van der Waals surface area contributed by atoms with Crippen molar-refractivity contribution in [3.05, 3.63) is 34.6 Å². The SMILES string of the molecule is CC(C)NCC(C)(Cc1ccc(Cl)cc1F)C(C)C.